The predicted octanol–water partition coefficient (Wildman–Crippen LogP) is 5.26. The van der Waals surface area contributed by atoms with E-state index in [2.05, 4.69) is 33.0 Å². The molecule has 0 aliphatic carbocycles. The third-order valence-corrected chi connectivity index (χ3v) is 4.35. The van der Waals surface area contributed by atoms with Gasteiger partial charge in [0.1, 0.15) is 11.4 Å². The number of benzene rings is 1. The second-order valence-electron chi connectivity index (χ2n) is 7.49. The van der Waals surface area contributed by atoms with Crippen LogP contribution in [0.4, 0.5) is 5.69 Å². The van der Waals surface area contributed by atoms with Gasteiger partial charge in [-0.25, -0.2) is 0 Å². The molecule has 0 aliphatic rings. The lowest BCUT2D eigenvalue weighted by Crippen LogP contribution is -2.44. The molecule has 142 valence electrons. The zero-order valence-electron chi connectivity index (χ0n) is 17.2. The average molecular weight is 350 g/mol. The fraction of sp³-hybridized carbons (Fsp3) is 0.667. The quantitative estimate of drug-likeness (QED) is 0.661. The largest absolute Gasteiger partial charge is 0.490 e. The monoisotopic (exact) mass is 349 g/mol. The molecule has 1 rings (SSSR count). The van der Waals surface area contributed by atoms with E-state index in [1.165, 1.54) is 0 Å². The fourth-order valence-corrected chi connectivity index (χ4v) is 3.07. The van der Waals surface area contributed by atoms with Gasteiger partial charge in [-0.15, -0.1) is 0 Å². The smallest absolute Gasteiger partial charge is 0.256 e. The minimum Gasteiger partial charge on any atom is -0.490 e. The highest BCUT2D eigenvalue weighted by Crippen LogP contribution is 2.30. The number of nitrogens with one attached hydrogen (secondary N) is 1. The predicted molar refractivity (Wildman–Crippen MR) is 104 cm³/mol. The molecule has 0 radical (unpaired) electrons. The Kier molecular flexibility index (Phi) is 7.94. The number of hydrogen-bond acceptors (Lipinski definition) is 3. The van der Waals surface area contributed by atoms with Crippen LogP contribution in [-0.4, -0.2) is 24.2 Å². The lowest BCUT2D eigenvalue weighted by atomic mass is 9.93. The van der Waals surface area contributed by atoms with E-state index >= 15 is 0 Å². The summed E-state index contributed by atoms with van der Waals surface area (Å²) < 4.78 is 11.8. The van der Waals surface area contributed by atoms with E-state index in [4.69, 9.17) is 9.47 Å². The number of aryl methyl sites for hydroxylation is 2. The summed E-state index contributed by atoms with van der Waals surface area (Å²) in [6.07, 6.45) is 1.81. The summed E-state index contributed by atoms with van der Waals surface area (Å²) >= 11 is 0. The Balaban J connectivity index is 3.00. The highest BCUT2D eigenvalue weighted by molar-refractivity contribution is 5.97. The summed E-state index contributed by atoms with van der Waals surface area (Å²) in [7, 11) is 0. The van der Waals surface area contributed by atoms with Crippen LogP contribution in [-0.2, 0) is 9.53 Å². The van der Waals surface area contributed by atoms with Crippen molar-refractivity contribution in [2.24, 2.45) is 5.92 Å². The van der Waals surface area contributed by atoms with Crippen molar-refractivity contribution in [3.8, 4) is 5.75 Å². The topological polar surface area (TPSA) is 47.6 Å². The van der Waals surface area contributed by atoms with Crippen LogP contribution in [0, 0.1) is 19.8 Å². The third kappa shape index (κ3) is 6.03. The Labute approximate surface area is 153 Å². The summed E-state index contributed by atoms with van der Waals surface area (Å²) in [5.74, 6) is 1.18. The number of ether oxygens (including phenoxy) is 2. The van der Waals surface area contributed by atoms with Crippen LogP contribution >= 0.6 is 0 Å². The Morgan fingerprint density at radius 2 is 1.72 bits per heavy atom. The van der Waals surface area contributed by atoms with Gasteiger partial charge in [-0.05, 0) is 76.6 Å². The molecule has 0 saturated heterocycles. The summed E-state index contributed by atoms with van der Waals surface area (Å²) in [6.45, 7) is 16.7. The third-order valence-electron chi connectivity index (χ3n) is 4.35. The fourth-order valence-electron chi connectivity index (χ4n) is 3.07. The van der Waals surface area contributed by atoms with E-state index in [1.807, 2.05) is 39.8 Å². The van der Waals surface area contributed by atoms with Gasteiger partial charge in [0.25, 0.3) is 5.91 Å². The van der Waals surface area contributed by atoms with Gasteiger partial charge in [-0.2, -0.15) is 0 Å². The zero-order chi connectivity index (χ0) is 19.2. The second kappa shape index (κ2) is 9.23. The molecular weight excluding hydrogens is 314 g/mol. The highest BCUT2D eigenvalue weighted by Gasteiger charge is 2.34. The minimum atomic E-state index is -0.823. The Morgan fingerprint density at radius 1 is 1.16 bits per heavy atom. The van der Waals surface area contributed by atoms with Crippen LogP contribution in [0.25, 0.3) is 0 Å². The highest BCUT2D eigenvalue weighted by atomic mass is 16.5. The van der Waals surface area contributed by atoms with E-state index in [9.17, 15) is 4.79 Å². The van der Waals surface area contributed by atoms with Crippen molar-refractivity contribution < 1.29 is 14.3 Å². The number of anilines is 1. The molecule has 2 atom stereocenters. The first-order valence-corrected chi connectivity index (χ1v) is 9.36. The van der Waals surface area contributed by atoms with Gasteiger partial charge in [-0.3, -0.25) is 4.79 Å². The van der Waals surface area contributed by atoms with Crippen molar-refractivity contribution in [2.45, 2.75) is 79.9 Å². The van der Waals surface area contributed by atoms with E-state index in [0.29, 0.717) is 18.9 Å². The SMILES string of the molecule is CCO[C@@](C)(CC(C)C)C(=O)Nc1cc(C)c(O[C@H](C)CC)c(C)c1. The zero-order valence-corrected chi connectivity index (χ0v) is 17.2. The van der Waals surface area contributed by atoms with Gasteiger partial charge in [0.15, 0.2) is 0 Å². The lowest BCUT2D eigenvalue weighted by molar-refractivity contribution is -0.140. The molecule has 0 bridgehead atoms. The van der Waals surface area contributed by atoms with Gasteiger partial charge in [-0.1, -0.05) is 20.8 Å². The summed E-state index contributed by atoms with van der Waals surface area (Å²) in [5.41, 5.74) is 2.01. The molecule has 1 aromatic carbocycles. The molecule has 1 aromatic rings. The van der Waals surface area contributed by atoms with Crippen LogP contribution in [0.3, 0.4) is 0 Å². The maximum absolute atomic E-state index is 12.8. The van der Waals surface area contributed by atoms with Gasteiger partial charge in [0.2, 0.25) is 0 Å². The maximum atomic E-state index is 12.8. The Bertz CT molecular complexity index is 559. The van der Waals surface area contributed by atoms with E-state index in [1.54, 1.807) is 0 Å². The number of carbonyl (C=O) groups is 1. The Hall–Kier alpha value is -1.55. The molecule has 25 heavy (non-hydrogen) atoms. The van der Waals surface area contributed by atoms with Gasteiger partial charge < -0.3 is 14.8 Å². The van der Waals surface area contributed by atoms with E-state index < -0.39 is 5.60 Å². The first-order valence-electron chi connectivity index (χ1n) is 9.36. The summed E-state index contributed by atoms with van der Waals surface area (Å²) in [4.78, 5) is 12.8. The van der Waals surface area contributed by atoms with Crippen LogP contribution in [0.1, 0.15) is 65.5 Å². The van der Waals surface area contributed by atoms with E-state index in [0.717, 1.165) is 29.0 Å². The number of rotatable bonds is 9. The van der Waals surface area contributed by atoms with Gasteiger partial charge in [0, 0.05) is 12.3 Å². The molecule has 0 aromatic heterocycles. The summed E-state index contributed by atoms with van der Waals surface area (Å²) in [6, 6.07) is 3.93. The molecule has 4 nitrogen and oxygen atoms in total. The standard InChI is InChI=1S/C21H35NO3/c1-9-17(7)25-19-15(5)11-18(12-16(19)6)22-20(23)21(8,24-10-2)13-14(3)4/h11-12,14,17H,9-10,13H2,1-8H3,(H,22,23)/t17-,21+/m1/s1. The van der Waals surface area contributed by atoms with Gasteiger partial charge >= 0.3 is 0 Å². The molecule has 1 N–H and O–H groups in total. The molecule has 1 amide bonds. The molecular formula is C21H35NO3. The minimum absolute atomic E-state index is 0.0996. The molecule has 0 spiro atoms. The van der Waals surface area contributed by atoms with Gasteiger partial charge in [0.05, 0.1) is 6.10 Å². The first kappa shape index (κ1) is 21.5. The molecule has 0 heterocycles. The van der Waals surface area contributed by atoms with Crippen molar-refractivity contribution in [1.82, 2.24) is 0 Å². The molecule has 0 aliphatic heterocycles. The van der Waals surface area contributed by atoms with Crippen LogP contribution in [0.15, 0.2) is 12.1 Å². The van der Waals surface area contributed by atoms with Crippen molar-refractivity contribution >= 4 is 11.6 Å². The van der Waals surface area contributed by atoms with Crippen LogP contribution in [0.2, 0.25) is 0 Å². The molecule has 4 heteroatoms. The Morgan fingerprint density at radius 3 is 2.16 bits per heavy atom. The van der Waals surface area contributed by atoms with Crippen molar-refractivity contribution in [3.63, 3.8) is 0 Å². The summed E-state index contributed by atoms with van der Waals surface area (Å²) in [5, 5.41) is 3.03. The normalized spacial score (nSPS) is 14.9. The number of hydrogen-bond donors (Lipinski definition) is 1. The lowest BCUT2D eigenvalue weighted by Gasteiger charge is -2.30. The van der Waals surface area contributed by atoms with Crippen LogP contribution < -0.4 is 10.1 Å². The average Bonchev–Trinajstić information content (AvgIpc) is 2.50. The van der Waals surface area contributed by atoms with E-state index in [-0.39, 0.29) is 12.0 Å². The second-order valence-corrected chi connectivity index (χ2v) is 7.49. The molecule has 0 unspecified atom stereocenters. The number of carbonyl (C=O) groups excluding carboxylic acids is 1. The van der Waals surface area contributed by atoms with Crippen LogP contribution in [0.5, 0.6) is 5.75 Å². The van der Waals surface area contributed by atoms with Crippen molar-refractivity contribution in [3.05, 3.63) is 23.3 Å². The number of amides is 1. The van der Waals surface area contributed by atoms with Crippen molar-refractivity contribution in [1.29, 1.82) is 0 Å². The maximum Gasteiger partial charge on any atom is 0.256 e. The first-order chi connectivity index (χ1) is 11.6. The molecule has 0 fully saturated rings. The molecule has 0 saturated carbocycles. The van der Waals surface area contributed by atoms with Crippen molar-refractivity contribution in [2.75, 3.05) is 11.9 Å².